The van der Waals surface area contributed by atoms with Crippen LogP contribution < -0.4 is 14.9 Å². The highest BCUT2D eigenvalue weighted by atomic mass is 16.5. The number of hydrogen-bond acceptors (Lipinski definition) is 4. The molecule has 0 atom stereocenters. The van der Waals surface area contributed by atoms with E-state index in [9.17, 15) is 4.79 Å². The maximum atomic E-state index is 12.2. The Labute approximate surface area is 167 Å². The van der Waals surface area contributed by atoms with Crippen molar-refractivity contribution in [2.75, 3.05) is 6.61 Å². The zero-order chi connectivity index (χ0) is 20.4. The summed E-state index contributed by atoms with van der Waals surface area (Å²) in [6, 6.07) is 14.9. The fraction of sp³-hybridized carbons (Fsp3) is 0.391. The van der Waals surface area contributed by atoms with Gasteiger partial charge in [0.25, 0.3) is 5.91 Å². The van der Waals surface area contributed by atoms with Crippen LogP contribution in [0.5, 0.6) is 11.5 Å². The van der Waals surface area contributed by atoms with Gasteiger partial charge in [-0.25, -0.2) is 5.43 Å². The van der Waals surface area contributed by atoms with Crippen molar-refractivity contribution in [1.82, 2.24) is 5.43 Å². The second-order valence-electron chi connectivity index (χ2n) is 7.11. The lowest BCUT2D eigenvalue weighted by molar-refractivity contribution is 0.0954. The van der Waals surface area contributed by atoms with Crippen LogP contribution in [0.2, 0.25) is 0 Å². The number of amides is 1. The highest BCUT2D eigenvalue weighted by Crippen LogP contribution is 2.18. The Hall–Kier alpha value is -2.82. The summed E-state index contributed by atoms with van der Waals surface area (Å²) in [7, 11) is 0. The highest BCUT2D eigenvalue weighted by molar-refractivity contribution is 5.95. The van der Waals surface area contributed by atoms with Crippen LogP contribution in [0.15, 0.2) is 53.6 Å². The molecule has 2 aromatic rings. The van der Waals surface area contributed by atoms with Crippen LogP contribution in [0.4, 0.5) is 0 Å². The van der Waals surface area contributed by atoms with Crippen molar-refractivity contribution in [2.24, 2.45) is 11.0 Å². The summed E-state index contributed by atoms with van der Waals surface area (Å²) in [5.74, 6) is 2.02. The van der Waals surface area contributed by atoms with Gasteiger partial charge < -0.3 is 9.47 Å². The van der Waals surface area contributed by atoms with Crippen molar-refractivity contribution < 1.29 is 14.3 Å². The predicted molar refractivity (Wildman–Crippen MR) is 113 cm³/mol. The van der Waals surface area contributed by atoms with E-state index in [0.717, 1.165) is 35.6 Å². The molecule has 0 fully saturated rings. The molecule has 150 valence electrons. The van der Waals surface area contributed by atoms with E-state index in [1.165, 1.54) is 0 Å². The number of benzene rings is 2. The molecule has 0 aromatic heterocycles. The Balaban J connectivity index is 1.83. The zero-order valence-electron chi connectivity index (χ0n) is 17.2. The summed E-state index contributed by atoms with van der Waals surface area (Å²) < 4.78 is 11.2. The third kappa shape index (κ3) is 7.43. The minimum atomic E-state index is -0.206. The van der Waals surface area contributed by atoms with Crippen LogP contribution in [-0.2, 0) is 6.61 Å². The zero-order valence-corrected chi connectivity index (χ0v) is 17.2. The van der Waals surface area contributed by atoms with E-state index in [2.05, 4.69) is 24.4 Å². The lowest BCUT2D eigenvalue weighted by Crippen LogP contribution is -2.19. The lowest BCUT2D eigenvalue weighted by atomic mass is 10.1. The van der Waals surface area contributed by atoms with Crippen molar-refractivity contribution >= 4 is 11.6 Å². The van der Waals surface area contributed by atoms with E-state index in [1.54, 1.807) is 12.1 Å². The van der Waals surface area contributed by atoms with Gasteiger partial charge in [0.15, 0.2) is 0 Å². The molecule has 0 aliphatic carbocycles. The SMILES string of the molecule is CCOc1ccc(OCc2ccc(C(=O)N/N=C(/C)CCC(C)C)cc2)cc1. The van der Waals surface area contributed by atoms with Gasteiger partial charge in [-0.3, -0.25) is 4.79 Å². The van der Waals surface area contributed by atoms with Gasteiger partial charge in [0.05, 0.1) is 6.61 Å². The molecule has 2 aromatic carbocycles. The third-order valence-corrected chi connectivity index (χ3v) is 4.19. The smallest absolute Gasteiger partial charge is 0.271 e. The Bertz CT molecular complexity index is 765. The third-order valence-electron chi connectivity index (χ3n) is 4.19. The molecule has 1 N–H and O–H groups in total. The Kier molecular flexibility index (Phi) is 8.53. The predicted octanol–water partition coefficient (Wildman–Crippen LogP) is 5.21. The average Bonchev–Trinajstić information content (AvgIpc) is 2.70. The highest BCUT2D eigenvalue weighted by Gasteiger charge is 2.05. The molecule has 0 radical (unpaired) electrons. The van der Waals surface area contributed by atoms with Crippen molar-refractivity contribution in [3.05, 3.63) is 59.7 Å². The Morgan fingerprint density at radius 2 is 1.61 bits per heavy atom. The Morgan fingerprint density at radius 1 is 1.00 bits per heavy atom. The first-order valence-electron chi connectivity index (χ1n) is 9.76. The van der Waals surface area contributed by atoms with Gasteiger partial charge in [-0.15, -0.1) is 0 Å². The number of carbonyl (C=O) groups excluding carboxylic acids is 1. The van der Waals surface area contributed by atoms with Crippen LogP contribution >= 0.6 is 0 Å². The van der Waals surface area contributed by atoms with E-state index in [4.69, 9.17) is 9.47 Å². The standard InChI is InChI=1S/C23H30N2O3/c1-5-27-21-12-14-22(15-13-21)28-16-19-8-10-20(11-9-19)23(26)25-24-18(4)7-6-17(2)3/h8-15,17H,5-7,16H2,1-4H3,(H,25,26)/b24-18-. The number of hydrogen-bond donors (Lipinski definition) is 1. The molecule has 28 heavy (non-hydrogen) atoms. The second kappa shape index (κ2) is 11.1. The molecular formula is C23H30N2O3. The molecule has 2 rings (SSSR count). The average molecular weight is 383 g/mol. The van der Waals surface area contributed by atoms with Gasteiger partial charge in [0, 0.05) is 11.3 Å². The van der Waals surface area contributed by atoms with E-state index in [1.807, 2.05) is 50.2 Å². The topological polar surface area (TPSA) is 59.9 Å². The second-order valence-corrected chi connectivity index (χ2v) is 7.11. The van der Waals surface area contributed by atoms with Crippen molar-refractivity contribution in [1.29, 1.82) is 0 Å². The summed E-state index contributed by atoms with van der Waals surface area (Å²) in [6.07, 6.45) is 1.95. The van der Waals surface area contributed by atoms with E-state index in [0.29, 0.717) is 24.7 Å². The molecule has 5 heteroatoms. The molecule has 1 amide bonds. The normalized spacial score (nSPS) is 11.4. The number of hydrazone groups is 1. The summed E-state index contributed by atoms with van der Waals surface area (Å²) in [6.45, 7) is 9.31. The van der Waals surface area contributed by atoms with Gasteiger partial charge in [-0.2, -0.15) is 5.10 Å². The molecule has 0 bridgehead atoms. The quantitative estimate of drug-likeness (QED) is 0.453. The van der Waals surface area contributed by atoms with Gasteiger partial charge >= 0.3 is 0 Å². The molecule has 0 aliphatic rings. The first-order chi connectivity index (χ1) is 13.5. The summed E-state index contributed by atoms with van der Waals surface area (Å²) in [5, 5.41) is 4.17. The number of nitrogens with one attached hydrogen (secondary N) is 1. The van der Waals surface area contributed by atoms with Crippen LogP contribution in [0.25, 0.3) is 0 Å². The molecule has 5 nitrogen and oxygen atoms in total. The molecule has 0 unspecified atom stereocenters. The Morgan fingerprint density at radius 3 is 2.18 bits per heavy atom. The van der Waals surface area contributed by atoms with E-state index >= 15 is 0 Å². The molecular weight excluding hydrogens is 352 g/mol. The van der Waals surface area contributed by atoms with Crippen LogP contribution in [0.1, 0.15) is 56.5 Å². The van der Waals surface area contributed by atoms with Crippen LogP contribution in [0.3, 0.4) is 0 Å². The largest absolute Gasteiger partial charge is 0.494 e. The monoisotopic (exact) mass is 382 g/mol. The van der Waals surface area contributed by atoms with E-state index in [-0.39, 0.29) is 5.91 Å². The fourth-order valence-electron chi connectivity index (χ4n) is 2.48. The first kappa shape index (κ1) is 21.5. The number of carbonyl (C=O) groups is 1. The van der Waals surface area contributed by atoms with Crippen molar-refractivity contribution in [3.63, 3.8) is 0 Å². The van der Waals surface area contributed by atoms with Crippen molar-refractivity contribution in [3.8, 4) is 11.5 Å². The summed E-state index contributed by atoms with van der Waals surface area (Å²) in [5.41, 5.74) is 5.12. The number of nitrogens with zero attached hydrogens (tertiary/aromatic N) is 1. The fourth-order valence-corrected chi connectivity index (χ4v) is 2.48. The maximum absolute atomic E-state index is 12.2. The van der Waals surface area contributed by atoms with Gasteiger partial charge in [-0.05, 0) is 74.6 Å². The van der Waals surface area contributed by atoms with Crippen molar-refractivity contribution in [2.45, 2.75) is 47.1 Å². The van der Waals surface area contributed by atoms with Gasteiger partial charge in [0.2, 0.25) is 0 Å². The molecule has 0 aliphatic heterocycles. The van der Waals surface area contributed by atoms with Gasteiger partial charge in [-0.1, -0.05) is 26.0 Å². The molecule has 0 saturated carbocycles. The number of rotatable bonds is 10. The van der Waals surface area contributed by atoms with E-state index < -0.39 is 0 Å². The molecule has 0 spiro atoms. The molecule has 0 heterocycles. The summed E-state index contributed by atoms with van der Waals surface area (Å²) in [4.78, 5) is 12.2. The van der Waals surface area contributed by atoms with Crippen LogP contribution in [0, 0.1) is 5.92 Å². The first-order valence-corrected chi connectivity index (χ1v) is 9.76. The number of ether oxygens (including phenoxy) is 2. The minimum absolute atomic E-state index is 0.206. The lowest BCUT2D eigenvalue weighted by Gasteiger charge is -2.08. The summed E-state index contributed by atoms with van der Waals surface area (Å²) >= 11 is 0. The maximum Gasteiger partial charge on any atom is 0.271 e. The molecule has 0 saturated heterocycles. The van der Waals surface area contributed by atoms with Gasteiger partial charge in [0.1, 0.15) is 18.1 Å². The van der Waals surface area contributed by atoms with Crippen LogP contribution in [-0.4, -0.2) is 18.2 Å². The minimum Gasteiger partial charge on any atom is -0.494 e.